The Balaban J connectivity index is 0.000000359. The van der Waals surface area contributed by atoms with Crippen molar-refractivity contribution in [2.24, 2.45) is 0 Å². The van der Waals surface area contributed by atoms with Crippen molar-refractivity contribution in [3.8, 4) is 5.75 Å². The minimum Gasteiger partial charge on any atom is -0.497 e. The summed E-state index contributed by atoms with van der Waals surface area (Å²) in [6.45, 7) is 8.32. The number of carboxylic acid groups (broad SMARTS) is 2. The molecule has 1 heterocycles. The largest absolute Gasteiger partial charge is 0.497 e. The summed E-state index contributed by atoms with van der Waals surface area (Å²) < 4.78 is 11.2. The third kappa shape index (κ3) is 7.25. The molecule has 1 aliphatic heterocycles. The molecule has 0 bridgehead atoms. The monoisotopic (exact) mass is 365 g/mol. The standard InChI is InChI=1S/C15H23NO2.C4H4O4/c1-4-16(5-2)11-15-14-7-6-13(17-3)10-12(14)8-9-18-15;5-3(6)1-2-4(7)8/h6-7,10,15H,4-5,8-9,11H2,1-3H3;1-2H,(H,5,6)(H,7,8)/b;2-1+. The number of rotatable bonds is 7. The van der Waals surface area contributed by atoms with Crippen LogP contribution in [0.3, 0.4) is 0 Å². The molecule has 26 heavy (non-hydrogen) atoms. The highest BCUT2D eigenvalue weighted by molar-refractivity contribution is 5.89. The molecule has 1 aromatic carbocycles. The van der Waals surface area contributed by atoms with Gasteiger partial charge in [0, 0.05) is 18.7 Å². The summed E-state index contributed by atoms with van der Waals surface area (Å²) in [6, 6.07) is 6.33. The summed E-state index contributed by atoms with van der Waals surface area (Å²) in [7, 11) is 1.72. The van der Waals surface area contributed by atoms with Crippen molar-refractivity contribution < 1.29 is 29.3 Å². The van der Waals surface area contributed by atoms with Gasteiger partial charge >= 0.3 is 11.9 Å². The van der Waals surface area contributed by atoms with Gasteiger partial charge in [-0.15, -0.1) is 0 Å². The Labute approximate surface area is 153 Å². The van der Waals surface area contributed by atoms with E-state index in [1.54, 1.807) is 7.11 Å². The van der Waals surface area contributed by atoms with E-state index in [1.807, 2.05) is 6.07 Å². The maximum absolute atomic E-state index is 9.55. The molecule has 0 saturated carbocycles. The molecule has 0 aliphatic carbocycles. The molecule has 0 saturated heterocycles. The molecular weight excluding hydrogens is 338 g/mol. The Morgan fingerprint density at radius 2 is 1.85 bits per heavy atom. The zero-order valence-electron chi connectivity index (χ0n) is 15.5. The first-order chi connectivity index (χ1) is 12.4. The maximum Gasteiger partial charge on any atom is 0.328 e. The van der Waals surface area contributed by atoms with E-state index in [4.69, 9.17) is 19.7 Å². The number of hydrogen-bond acceptors (Lipinski definition) is 5. The molecule has 0 radical (unpaired) electrons. The molecule has 0 amide bonds. The van der Waals surface area contributed by atoms with E-state index in [0.717, 1.165) is 38.4 Å². The predicted molar refractivity (Wildman–Crippen MR) is 97.6 cm³/mol. The smallest absolute Gasteiger partial charge is 0.328 e. The Morgan fingerprint density at radius 3 is 2.35 bits per heavy atom. The maximum atomic E-state index is 9.55. The summed E-state index contributed by atoms with van der Waals surface area (Å²) >= 11 is 0. The van der Waals surface area contributed by atoms with Crippen molar-refractivity contribution in [1.82, 2.24) is 4.90 Å². The summed E-state index contributed by atoms with van der Waals surface area (Å²) in [5, 5.41) is 15.6. The SMILES string of the molecule is CCN(CC)CC1OCCc2cc(OC)ccc21.O=C(O)/C=C/C(=O)O. The van der Waals surface area contributed by atoms with Gasteiger partial charge in [-0.25, -0.2) is 9.59 Å². The number of nitrogens with zero attached hydrogens (tertiary/aromatic N) is 1. The first-order valence-corrected chi connectivity index (χ1v) is 8.55. The summed E-state index contributed by atoms with van der Waals surface area (Å²) in [5.74, 6) is -1.57. The summed E-state index contributed by atoms with van der Waals surface area (Å²) in [5.41, 5.74) is 2.70. The Kier molecular flexibility index (Phi) is 9.40. The van der Waals surface area contributed by atoms with Gasteiger partial charge in [0.05, 0.1) is 19.8 Å². The van der Waals surface area contributed by atoms with E-state index >= 15 is 0 Å². The van der Waals surface area contributed by atoms with Gasteiger partial charge in [-0.05, 0) is 42.8 Å². The average molecular weight is 365 g/mol. The van der Waals surface area contributed by atoms with Gasteiger partial charge in [0.2, 0.25) is 0 Å². The highest BCUT2D eigenvalue weighted by Gasteiger charge is 2.22. The summed E-state index contributed by atoms with van der Waals surface area (Å²) in [4.78, 5) is 21.5. The molecule has 0 aromatic heterocycles. The Morgan fingerprint density at radius 1 is 1.23 bits per heavy atom. The van der Waals surface area contributed by atoms with E-state index in [-0.39, 0.29) is 6.10 Å². The molecule has 1 aromatic rings. The molecule has 7 heteroatoms. The molecule has 7 nitrogen and oxygen atoms in total. The van der Waals surface area contributed by atoms with E-state index in [9.17, 15) is 9.59 Å². The number of carbonyl (C=O) groups is 2. The molecule has 1 atom stereocenters. The van der Waals surface area contributed by atoms with Crippen molar-refractivity contribution in [3.63, 3.8) is 0 Å². The lowest BCUT2D eigenvalue weighted by molar-refractivity contribution is -0.134. The van der Waals surface area contributed by atoms with Crippen LogP contribution in [0.5, 0.6) is 5.75 Å². The molecule has 2 rings (SSSR count). The fourth-order valence-corrected chi connectivity index (χ4v) is 2.65. The van der Waals surface area contributed by atoms with Gasteiger partial charge < -0.3 is 24.6 Å². The van der Waals surface area contributed by atoms with Gasteiger partial charge in [-0.1, -0.05) is 19.9 Å². The van der Waals surface area contributed by atoms with Crippen LogP contribution < -0.4 is 4.74 Å². The predicted octanol–water partition coefficient (Wildman–Crippen LogP) is 2.36. The van der Waals surface area contributed by atoms with Crippen LogP contribution in [0.25, 0.3) is 0 Å². The van der Waals surface area contributed by atoms with Gasteiger partial charge in [0.25, 0.3) is 0 Å². The van der Waals surface area contributed by atoms with Crippen LogP contribution >= 0.6 is 0 Å². The van der Waals surface area contributed by atoms with Crippen LogP contribution in [0.1, 0.15) is 31.1 Å². The number of likely N-dealkylation sites (N-methyl/N-ethyl adjacent to an activating group) is 1. The normalized spacial score (nSPS) is 15.9. The lowest BCUT2D eigenvalue weighted by Gasteiger charge is -2.30. The third-order valence-corrected chi connectivity index (χ3v) is 4.07. The number of aliphatic carboxylic acids is 2. The van der Waals surface area contributed by atoms with Crippen LogP contribution in [0.4, 0.5) is 0 Å². The van der Waals surface area contributed by atoms with Crippen molar-refractivity contribution in [1.29, 1.82) is 0 Å². The molecular formula is C19H27NO6. The fraction of sp³-hybridized carbons (Fsp3) is 0.474. The topological polar surface area (TPSA) is 96.3 Å². The zero-order chi connectivity index (χ0) is 19.5. The number of hydrogen-bond donors (Lipinski definition) is 2. The molecule has 0 spiro atoms. The third-order valence-electron chi connectivity index (χ3n) is 4.07. The Hall–Kier alpha value is -2.38. The minimum absolute atomic E-state index is 0.208. The number of methoxy groups -OCH3 is 1. The van der Waals surface area contributed by atoms with Gasteiger partial charge in [-0.2, -0.15) is 0 Å². The van der Waals surface area contributed by atoms with E-state index in [0.29, 0.717) is 12.2 Å². The molecule has 144 valence electrons. The average Bonchev–Trinajstić information content (AvgIpc) is 2.64. The van der Waals surface area contributed by atoms with E-state index in [2.05, 4.69) is 30.9 Å². The van der Waals surface area contributed by atoms with Crippen LogP contribution in [0, 0.1) is 0 Å². The van der Waals surface area contributed by atoms with Gasteiger partial charge in [0.1, 0.15) is 5.75 Å². The van der Waals surface area contributed by atoms with E-state index in [1.165, 1.54) is 11.1 Å². The quantitative estimate of drug-likeness (QED) is 0.716. The molecule has 2 N–H and O–H groups in total. The molecule has 1 aliphatic rings. The Bertz CT molecular complexity index is 608. The second-order valence-corrected chi connectivity index (χ2v) is 5.67. The second kappa shape index (κ2) is 11.3. The van der Waals surface area contributed by atoms with Crippen molar-refractivity contribution >= 4 is 11.9 Å². The van der Waals surface area contributed by atoms with Crippen molar-refractivity contribution in [3.05, 3.63) is 41.5 Å². The van der Waals surface area contributed by atoms with Crippen molar-refractivity contribution in [2.75, 3.05) is 33.4 Å². The fourth-order valence-electron chi connectivity index (χ4n) is 2.65. The number of benzene rings is 1. The lowest BCUT2D eigenvalue weighted by Crippen LogP contribution is -2.31. The number of carboxylic acids is 2. The minimum atomic E-state index is -1.26. The second-order valence-electron chi connectivity index (χ2n) is 5.67. The highest BCUT2D eigenvalue weighted by atomic mass is 16.5. The van der Waals surface area contributed by atoms with Crippen LogP contribution in [0.15, 0.2) is 30.4 Å². The molecule has 1 unspecified atom stereocenters. The van der Waals surface area contributed by atoms with Gasteiger partial charge in [-0.3, -0.25) is 0 Å². The van der Waals surface area contributed by atoms with Crippen LogP contribution in [-0.4, -0.2) is 60.4 Å². The summed E-state index contributed by atoms with van der Waals surface area (Å²) in [6.07, 6.45) is 2.31. The zero-order valence-corrected chi connectivity index (χ0v) is 15.5. The first kappa shape index (κ1) is 21.7. The van der Waals surface area contributed by atoms with Crippen LogP contribution in [0.2, 0.25) is 0 Å². The molecule has 0 fully saturated rings. The first-order valence-electron chi connectivity index (χ1n) is 8.55. The number of ether oxygens (including phenoxy) is 2. The lowest BCUT2D eigenvalue weighted by atomic mass is 9.97. The highest BCUT2D eigenvalue weighted by Crippen LogP contribution is 2.30. The van der Waals surface area contributed by atoms with Crippen LogP contribution in [-0.2, 0) is 20.7 Å². The van der Waals surface area contributed by atoms with Crippen molar-refractivity contribution in [2.45, 2.75) is 26.4 Å². The number of fused-ring (bicyclic) bond motifs is 1. The van der Waals surface area contributed by atoms with Gasteiger partial charge in [0.15, 0.2) is 0 Å². The van der Waals surface area contributed by atoms with E-state index < -0.39 is 11.9 Å².